The summed E-state index contributed by atoms with van der Waals surface area (Å²) in [6, 6.07) is 17.3. The lowest BCUT2D eigenvalue weighted by atomic mass is 9.52. The predicted octanol–water partition coefficient (Wildman–Crippen LogP) is 3.70. The Morgan fingerprint density at radius 2 is 1.53 bits per heavy atom. The number of fused-ring (bicyclic) bond motifs is 1. The maximum absolute atomic E-state index is 13.6. The van der Waals surface area contributed by atoms with Gasteiger partial charge in [-0.15, -0.1) is 0 Å². The van der Waals surface area contributed by atoms with Crippen molar-refractivity contribution in [1.29, 1.82) is 0 Å². The third-order valence-electron chi connectivity index (χ3n) is 9.43. The third kappa shape index (κ3) is 3.84. The third-order valence-corrected chi connectivity index (χ3v) is 9.43. The fraction of sp³-hybridized carbons (Fsp3) is 0.552. The van der Waals surface area contributed by atoms with Gasteiger partial charge in [0, 0.05) is 56.7 Å². The number of hydrogen-bond acceptors (Lipinski definition) is 5. The van der Waals surface area contributed by atoms with E-state index in [1.807, 2.05) is 11.0 Å². The number of benzene rings is 2. The van der Waals surface area contributed by atoms with Crippen LogP contribution in [0, 0.1) is 17.8 Å². The second-order valence-electron chi connectivity index (χ2n) is 11.7. The molecule has 2 aromatic carbocycles. The van der Waals surface area contributed by atoms with Gasteiger partial charge in [0.05, 0.1) is 17.0 Å². The molecule has 2 unspecified atom stereocenters. The Bertz CT molecular complexity index is 1110. The normalized spacial score (nSPS) is 33.0. The monoisotopic (exact) mass is 487 g/mol. The molecule has 2 aromatic rings. The van der Waals surface area contributed by atoms with Crippen molar-refractivity contribution >= 4 is 28.8 Å². The van der Waals surface area contributed by atoms with Gasteiger partial charge in [0.2, 0.25) is 0 Å². The minimum atomic E-state index is -0.476. The number of piperazine rings is 1. The molecular formula is C29H37N5O2. The van der Waals surface area contributed by atoms with E-state index >= 15 is 0 Å². The van der Waals surface area contributed by atoms with Gasteiger partial charge < -0.3 is 25.5 Å². The highest BCUT2D eigenvalue weighted by Crippen LogP contribution is 2.55. The molecule has 8 rings (SSSR count). The minimum Gasteiger partial charge on any atom is -0.390 e. The fourth-order valence-corrected chi connectivity index (χ4v) is 8.04. The van der Waals surface area contributed by atoms with Crippen molar-refractivity contribution in [1.82, 2.24) is 10.6 Å². The SMILES string of the molecule is O=C(NC1C2CC3CC1CC(O)(C3)C2)N1CCN(c2ccc(N3CCNCC3)cc2)c2ccccc21. The van der Waals surface area contributed by atoms with Gasteiger partial charge in [-0.05, 0) is 86.3 Å². The predicted molar refractivity (Wildman–Crippen MR) is 143 cm³/mol. The van der Waals surface area contributed by atoms with E-state index in [0.29, 0.717) is 24.3 Å². The lowest BCUT2D eigenvalue weighted by Crippen LogP contribution is -2.63. The summed E-state index contributed by atoms with van der Waals surface area (Å²) in [5, 5.41) is 17.8. The molecule has 190 valence electrons. The smallest absolute Gasteiger partial charge is 0.322 e. The van der Waals surface area contributed by atoms with Crippen LogP contribution in [0.1, 0.15) is 32.1 Å². The van der Waals surface area contributed by atoms with Gasteiger partial charge in [-0.1, -0.05) is 12.1 Å². The van der Waals surface area contributed by atoms with Crippen LogP contribution in [-0.4, -0.2) is 62.0 Å². The zero-order chi connectivity index (χ0) is 24.3. The molecule has 0 spiro atoms. The molecule has 7 heteroatoms. The molecule has 4 aliphatic carbocycles. The van der Waals surface area contributed by atoms with Gasteiger partial charge in [-0.2, -0.15) is 0 Å². The molecule has 36 heavy (non-hydrogen) atoms. The van der Waals surface area contributed by atoms with Crippen molar-refractivity contribution in [2.45, 2.75) is 43.7 Å². The molecule has 2 amide bonds. The summed E-state index contributed by atoms with van der Waals surface area (Å²) in [5.41, 5.74) is 4.00. The summed E-state index contributed by atoms with van der Waals surface area (Å²) in [4.78, 5) is 20.3. The average molecular weight is 488 g/mol. The first-order chi connectivity index (χ1) is 17.6. The molecule has 0 radical (unpaired) electrons. The summed E-state index contributed by atoms with van der Waals surface area (Å²) in [7, 11) is 0. The lowest BCUT2D eigenvalue weighted by molar-refractivity contribution is -0.136. The maximum atomic E-state index is 13.6. The maximum Gasteiger partial charge on any atom is 0.322 e. The molecule has 4 bridgehead atoms. The van der Waals surface area contributed by atoms with Crippen LogP contribution in [0.25, 0.3) is 0 Å². The molecule has 4 saturated carbocycles. The number of nitrogens with one attached hydrogen (secondary N) is 2. The van der Waals surface area contributed by atoms with Gasteiger partial charge in [-0.3, -0.25) is 4.90 Å². The van der Waals surface area contributed by atoms with Crippen LogP contribution in [-0.2, 0) is 0 Å². The van der Waals surface area contributed by atoms with E-state index < -0.39 is 5.60 Å². The van der Waals surface area contributed by atoms with Crippen molar-refractivity contribution in [3.05, 3.63) is 48.5 Å². The van der Waals surface area contributed by atoms with Gasteiger partial charge in [0.1, 0.15) is 0 Å². The number of urea groups is 1. The van der Waals surface area contributed by atoms with E-state index in [1.54, 1.807) is 0 Å². The van der Waals surface area contributed by atoms with Crippen LogP contribution in [0.3, 0.4) is 0 Å². The number of rotatable bonds is 3. The Hall–Kier alpha value is -2.77. The molecule has 7 nitrogen and oxygen atoms in total. The molecule has 2 aliphatic heterocycles. The molecular weight excluding hydrogens is 450 g/mol. The second kappa shape index (κ2) is 8.67. The van der Waals surface area contributed by atoms with Crippen LogP contribution < -0.4 is 25.3 Å². The quantitative estimate of drug-likeness (QED) is 0.616. The lowest BCUT2D eigenvalue weighted by Gasteiger charge is -2.58. The molecule has 0 aromatic heterocycles. The van der Waals surface area contributed by atoms with E-state index in [1.165, 1.54) is 5.69 Å². The molecule has 5 fully saturated rings. The molecule has 6 aliphatic rings. The van der Waals surface area contributed by atoms with Gasteiger partial charge in [0.15, 0.2) is 0 Å². The highest BCUT2D eigenvalue weighted by Gasteiger charge is 2.55. The number of hydrogen-bond donors (Lipinski definition) is 3. The Balaban J connectivity index is 1.09. The van der Waals surface area contributed by atoms with E-state index in [4.69, 9.17) is 0 Å². The zero-order valence-corrected chi connectivity index (χ0v) is 20.9. The van der Waals surface area contributed by atoms with Crippen molar-refractivity contribution in [2.24, 2.45) is 17.8 Å². The first-order valence-corrected chi connectivity index (χ1v) is 13.8. The van der Waals surface area contributed by atoms with Gasteiger partial charge in [0.25, 0.3) is 0 Å². The minimum absolute atomic E-state index is 0.0145. The Morgan fingerprint density at radius 1 is 0.861 bits per heavy atom. The molecule has 1 saturated heterocycles. The Kier molecular flexibility index (Phi) is 5.40. The first kappa shape index (κ1) is 22.4. The molecule has 2 heterocycles. The van der Waals surface area contributed by atoms with E-state index in [-0.39, 0.29) is 12.1 Å². The number of carbonyl (C=O) groups is 1. The Morgan fingerprint density at radius 3 is 2.22 bits per heavy atom. The molecule has 2 atom stereocenters. The molecule has 3 N–H and O–H groups in total. The average Bonchev–Trinajstić information content (AvgIpc) is 2.90. The largest absolute Gasteiger partial charge is 0.390 e. The second-order valence-corrected chi connectivity index (χ2v) is 11.7. The highest BCUT2D eigenvalue weighted by atomic mass is 16.3. The zero-order valence-electron chi connectivity index (χ0n) is 20.9. The van der Waals surface area contributed by atoms with Gasteiger partial charge in [-0.25, -0.2) is 4.79 Å². The van der Waals surface area contributed by atoms with Crippen LogP contribution in [0.15, 0.2) is 48.5 Å². The van der Waals surface area contributed by atoms with Crippen LogP contribution in [0.4, 0.5) is 27.5 Å². The number of aliphatic hydroxyl groups is 1. The van der Waals surface area contributed by atoms with E-state index in [0.717, 1.165) is 81.9 Å². The van der Waals surface area contributed by atoms with Crippen molar-refractivity contribution in [3.63, 3.8) is 0 Å². The topological polar surface area (TPSA) is 71.1 Å². The summed E-state index contributed by atoms with van der Waals surface area (Å²) in [6.45, 7) is 5.55. The first-order valence-electron chi connectivity index (χ1n) is 13.8. The highest BCUT2D eigenvalue weighted by molar-refractivity contribution is 5.98. The van der Waals surface area contributed by atoms with E-state index in [9.17, 15) is 9.90 Å². The van der Waals surface area contributed by atoms with Crippen LogP contribution >= 0.6 is 0 Å². The summed E-state index contributed by atoms with van der Waals surface area (Å²) < 4.78 is 0. The summed E-state index contributed by atoms with van der Waals surface area (Å²) in [6.07, 6.45) is 4.96. The van der Waals surface area contributed by atoms with Crippen molar-refractivity contribution in [3.8, 4) is 0 Å². The van der Waals surface area contributed by atoms with Crippen LogP contribution in [0.5, 0.6) is 0 Å². The standard InChI is InChI=1S/C29H37N5O2/c35-28(31-27-21-15-20-16-22(27)19-29(36,17-20)18-21)34-14-13-33(25-3-1-2-4-26(25)34)24-7-5-23(6-8-24)32-11-9-30-10-12-32/h1-8,20-22,27,30,36H,9-19H2,(H,31,35). The fourth-order valence-electron chi connectivity index (χ4n) is 8.04. The van der Waals surface area contributed by atoms with E-state index in [2.05, 4.69) is 62.9 Å². The van der Waals surface area contributed by atoms with Gasteiger partial charge >= 0.3 is 6.03 Å². The summed E-state index contributed by atoms with van der Waals surface area (Å²) >= 11 is 0. The number of para-hydroxylation sites is 2. The van der Waals surface area contributed by atoms with Crippen molar-refractivity contribution in [2.75, 3.05) is 54.0 Å². The van der Waals surface area contributed by atoms with Crippen LogP contribution in [0.2, 0.25) is 0 Å². The van der Waals surface area contributed by atoms with Crippen molar-refractivity contribution < 1.29 is 9.90 Å². The number of anilines is 4. The Labute approximate surface area is 213 Å². The number of amides is 2. The number of carbonyl (C=O) groups excluding carboxylic acids is 1. The summed E-state index contributed by atoms with van der Waals surface area (Å²) in [5.74, 6) is 1.47. The number of nitrogens with zero attached hydrogens (tertiary/aromatic N) is 3.